The first-order valence-electron chi connectivity index (χ1n) is 4.60. The summed E-state index contributed by atoms with van der Waals surface area (Å²) in [5.41, 5.74) is 0. The molecule has 70 valence electrons. The summed E-state index contributed by atoms with van der Waals surface area (Å²) in [5.74, 6) is 0.547. The van der Waals surface area contributed by atoms with Crippen molar-refractivity contribution in [2.75, 3.05) is 5.33 Å². The van der Waals surface area contributed by atoms with Crippen LogP contribution in [0.15, 0.2) is 0 Å². The van der Waals surface area contributed by atoms with Gasteiger partial charge in [0.1, 0.15) is 0 Å². The first-order valence-corrected chi connectivity index (χ1v) is 5.72. The van der Waals surface area contributed by atoms with Gasteiger partial charge in [-0.15, -0.1) is 0 Å². The van der Waals surface area contributed by atoms with Crippen molar-refractivity contribution in [1.29, 1.82) is 0 Å². The fourth-order valence-electron chi connectivity index (χ4n) is 1.59. The van der Waals surface area contributed by atoms with Crippen LogP contribution in [-0.2, 0) is 4.79 Å². The highest BCUT2D eigenvalue weighted by molar-refractivity contribution is 9.09. The van der Waals surface area contributed by atoms with Crippen LogP contribution >= 0.6 is 15.9 Å². The van der Waals surface area contributed by atoms with E-state index in [0.717, 1.165) is 18.2 Å². The highest BCUT2D eigenvalue weighted by Gasteiger charge is 2.22. The zero-order chi connectivity index (χ0) is 8.97. The van der Waals surface area contributed by atoms with Crippen LogP contribution in [0.2, 0.25) is 0 Å². The number of carbonyl (C=O) groups is 1. The lowest BCUT2D eigenvalue weighted by atomic mass is 10.1. The van der Waals surface area contributed by atoms with Gasteiger partial charge in [0.2, 0.25) is 5.91 Å². The van der Waals surface area contributed by atoms with Gasteiger partial charge < -0.3 is 5.32 Å². The Balaban J connectivity index is 2.27. The van der Waals surface area contributed by atoms with E-state index in [-0.39, 0.29) is 11.9 Å². The van der Waals surface area contributed by atoms with Gasteiger partial charge >= 0.3 is 0 Å². The highest BCUT2D eigenvalue weighted by atomic mass is 79.9. The summed E-state index contributed by atoms with van der Waals surface area (Å²) in [4.78, 5) is 11.5. The summed E-state index contributed by atoms with van der Waals surface area (Å²) in [6.45, 7) is 2.02. The molecule has 0 aromatic heterocycles. The second kappa shape index (κ2) is 4.85. The summed E-state index contributed by atoms with van der Waals surface area (Å²) >= 11 is 3.34. The Bertz CT molecular complexity index is 155. The van der Waals surface area contributed by atoms with Crippen molar-refractivity contribution in [2.45, 2.75) is 38.6 Å². The van der Waals surface area contributed by atoms with E-state index in [1.807, 2.05) is 6.92 Å². The van der Waals surface area contributed by atoms with Crippen LogP contribution in [-0.4, -0.2) is 17.3 Å². The zero-order valence-electron chi connectivity index (χ0n) is 7.48. The van der Waals surface area contributed by atoms with Gasteiger partial charge in [0.15, 0.2) is 0 Å². The van der Waals surface area contributed by atoms with Crippen molar-refractivity contribution in [2.24, 2.45) is 5.92 Å². The Labute approximate surface area is 82.2 Å². The van der Waals surface area contributed by atoms with Gasteiger partial charge in [-0.1, -0.05) is 28.8 Å². The molecule has 1 atom stereocenters. The number of halogens is 1. The van der Waals surface area contributed by atoms with Crippen LogP contribution in [0.1, 0.15) is 32.6 Å². The Morgan fingerprint density at radius 2 is 2.17 bits per heavy atom. The first kappa shape index (κ1) is 10.0. The van der Waals surface area contributed by atoms with Gasteiger partial charge in [-0.3, -0.25) is 4.79 Å². The van der Waals surface area contributed by atoms with Crippen molar-refractivity contribution < 1.29 is 4.79 Å². The molecular formula is C9H16BrNO. The Morgan fingerprint density at radius 3 is 2.67 bits per heavy atom. The number of nitrogens with one attached hydrogen (secondary N) is 1. The summed E-state index contributed by atoms with van der Waals surface area (Å²) in [5, 5.41) is 3.82. The van der Waals surface area contributed by atoms with E-state index in [0.29, 0.717) is 5.92 Å². The Morgan fingerprint density at radius 1 is 1.58 bits per heavy atom. The van der Waals surface area contributed by atoms with E-state index in [9.17, 15) is 4.79 Å². The molecular weight excluding hydrogens is 218 g/mol. The molecule has 2 nitrogen and oxygen atoms in total. The molecule has 0 aliphatic heterocycles. The van der Waals surface area contributed by atoms with Gasteiger partial charge in [-0.2, -0.15) is 0 Å². The summed E-state index contributed by atoms with van der Waals surface area (Å²) < 4.78 is 0. The molecule has 0 bridgehead atoms. The lowest BCUT2D eigenvalue weighted by Crippen LogP contribution is -2.37. The summed E-state index contributed by atoms with van der Waals surface area (Å²) in [6.07, 6.45) is 4.61. The van der Waals surface area contributed by atoms with Crippen molar-refractivity contribution in [3.63, 3.8) is 0 Å². The molecule has 1 unspecified atom stereocenters. The van der Waals surface area contributed by atoms with Crippen LogP contribution in [0, 0.1) is 5.92 Å². The van der Waals surface area contributed by atoms with Gasteiger partial charge in [0.05, 0.1) is 0 Å². The maximum atomic E-state index is 11.5. The molecule has 1 saturated carbocycles. The third kappa shape index (κ3) is 2.77. The molecule has 0 saturated heterocycles. The molecule has 1 rings (SSSR count). The number of rotatable bonds is 3. The summed E-state index contributed by atoms with van der Waals surface area (Å²) in [7, 11) is 0. The van der Waals surface area contributed by atoms with Crippen molar-refractivity contribution in [1.82, 2.24) is 5.32 Å². The average molecular weight is 234 g/mol. The fraction of sp³-hybridized carbons (Fsp3) is 0.889. The molecule has 0 aromatic rings. The Kier molecular flexibility index (Phi) is 4.06. The van der Waals surface area contributed by atoms with E-state index in [4.69, 9.17) is 0 Å². The van der Waals surface area contributed by atoms with E-state index in [2.05, 4.69) is 21.2 Å². The number of hydrogen-bond donors (Lipinski definition) is 1. The second-order valence-corrected chi connectivity index (χ2v) is 4.19. The largest absolute Gasteiger partial charge is 0.353 e. The lowest BCUT2D eigenvalue weighted by Gasteiger charge is -2.14. The topological polar surface area (TPSA) is 29.1 Å². The number of amides is 1. The van der Waals surface area contributed by atoms with Crippen LogP contribution in [0.3, 0.4) is 0 Å². The van der Waals surface area contributed by atoms with Gasteiger partial charge in [-0.25, -0.2) is 0 Å². The lowest BCUT2D eigenvalue weighted by molar-refractivity contribution is -0.125. The molecule has 0 radical (unpaired) electrons. The molecule has 1 aliphatic carbocycles. The minimum Gasteiger partial charge on any atom is -0.353 e. The minimum atomic E-state index is 0.249. The maximum Gasteiger partial charge on any atom is 0.223 e. The molecule has 12 heavy (non-hydrogen) atoms. The third-order valence-corrected chi connectivity index (χ3v) is 3.32. The standard InChI is InChI=1S/C9H16BrNO/c1-7(6-10)11-9(12)8-4-2-3-5-8/h7-8H,2-6H2,1H3,(H,11,12). The van der Waals surface area contributed by atoms with E-state index >= 15 is 0 Å². The van der Waals surface area contributed by atoms with Gasteiger partial charge in [-0.05, 0) is 19.8 Å². The van der Waals surface area contributed by atoms with Crippen molar-refractivity contribution in [3.8, 4) is 0 Å². The van der Waals surface area contributed by atoms with Crippen LogP contribution < -0.4 is 5.32 Å². The molecule has 1 aliphatic rings. The number of carbonyl (C=O) groups excluding carboxylic acids is 1. The molecule has 1 amide bonds. The Hall–Kier alpha value is -0.0500. The summed E-state index contributed by atoms with van der Waals surface area (Å²) in [6, 6.07) is 0.262. The molecule has 0 aromatic carbocycles. The predicted octanol–water partition coefficient (Wildman–Crippen LogP) is 2.08. The van der Waals surface area contributed by atoms with Gasteiger partial charge in [0.25, 0.3) is 0 Å². The highest BCUT2D eigenvalue weighted by Crippen LogP contribution is 2.24. The molecule has 1 fully saturated rings. The second-order valence-electron chi connectivity index (χ2n) is 3.55. The van der Waals surface area contributed by atoms with E-state index < -0.39 is 0 Å². The van der Waals surface area contributed by atoms with Crippen molar-refractivity contribution in [3.05, 3.63) is 0 Å². The fourth-order valence-corrected chi connectivity index (χ4v) is 1.75. The van der Waals surface area contributed by atoms with Crippen LogP contribution in [0.4, 0.5) is 0 Å². The maximum absolute atomic E-state index is 11.5. The molecule has 3 heteroatoms. The number of alkyl halides is 1. The van der Waals surface area contributed by atoms with Crippen LogP contribution in [0.5, 0.6) is 0 Å². The van der Waals surface area contributed by atoms with Gasteiger partial charge in [0, 0.05) is 17.3 Å². The molecule has 0 spiro atoms. The van der Waals surface area contributed by atoms with E-state index in [1.54, 1.807) is 0 Å². The number of hydrogen-bond acceptors (Lipinski definition) is 1. The smallest absolute Gasteiger partial charge is 0.223 e. The first-order chi connectivity index (χ1) is 5.74. The van der Waals surface area contributed by atoms with E-state index in [1.165, 1.54) is 12.8 Å². The van der Waals surface area contributed by atoms with Crippen molar-refractivity contribution >= 4 is 21.8 Å². The SMILES string of the molecule is CC(CBr)NC(=O)C1CCCC1. The molecule has 0 heterocycles. The predicted molar refractivity (Wildman–Crippen MR) is 53.4 cm³/mol. The minimum absolute atomic E-state index is 0.249. The third-order valence-electron chi connectivity index (χ3n) is 2.35. The normalized spacial score (nSPS) is 20.8. The molecule has 1 N–H and O–H groups in total. The zero-order valence-corrected chi connectivity index (χ0v) is 9.06. The quantitative estimate of drug-likeness (QED) is 0.744. The van der Waals surface area contributed by atoms with Crippen LogP contribution in [0.25, 0.3) is 0 Å². The monoisotopic (exact) mass is 233 g/mol. The average Bonchev–Trinajstić information content (AvgIpc) is 2.56.